The van der Waals surface area contributed by atoms with Crippen molar-refractivity contribution in [1.29, 1.82) is 5.26 Å². The largest absolute Gasteiger partial charge is 0.346 e. The lowest BCUT2D eigenvalue weighted by atomic mass is 9.70. The number of carbonyl (C=O) groups is 1. The average Bonchev–Trinajstić information content (AvgIpc) is 3.55. The van der Waals surface area contributed by atoms with Crippen LogP contribution in [0.5, 0.6) is 0 Å². The number of carbonyl (C=O) groups excluding carboxylic acids is 1. The molecule has 1 saturated carbocycles. The van der Waals surface area contributed by atoms with Crippen LogP contribution in [-0.2, 0) is 5.54 Å². The molecule has 1 aliphatic carbocycles. The lowest BCUT2D eigenvalue weighted by Gasteiger charge is -2.52. The van der Waals surface area contributed by atoms with E-state index in [2.05, 4.69) is 50.0 Å². The number of nitriles is 1. The van der Waals surface area contributed by atoms with E-state index in [0.717, 1.165) is 80.8 Å². The number of fused-ring (bicyclic) bond motifs is 1. The van der Waals surface area contributed by atoms with E-state index in [1.807, 2.05) is 46.2 Å². The van der Waals surface area contributed by atoms with Crippen molar-refractivity contribution in [2.24, 2.45) is 0 Å². The first-order chi connectivity index (χ1) is 17.9. The van der Waals surface area contributed by atoms with Gasteiger partial charge in [0.1, 0.15) is 12.0 Å². The molecular formula is C26H36N10O. The molecule has 3 aromatic heterocycles. The molecule has 5 rings (SSSR count). The molecular weight excluding hydrogens is 468 g/mol. The molecule has 1 saturated heterocycles. The second kappa shape index (κ2) is 10.5. The zero-order valence-corrected chi connectivity index (χ0v) is 22.0. The van der Waals surface area contributed by atoms with Gasteiger partial charge in [0.05, 0.1) is 29.9 Å². The van der Waals surface area contributed by atoms with Gasteiger partial charge in [0.15, 0.2) is 0 Å². The Bertz CT molecular complexity index is 1260. The predicted octanol–water partition coefficient (Wildman–Crippen LogP) is 2.21. The highest BCUT2D eigenvalue weighted by Crippen LogP contribution is 2.45. The zero-order valence-electron chi connectivity index (χ0n) is 22.0. The molecule has 196 valence electrons. The van der Waals surface area contributed by atoms with Crippen molar-refractivity contribution in [3.8, 4) is 17.3 Å². The molecule has 0 radical (unpaired) electrons. The summed E-state index contributed by atoms with van der Waals surface area (Å²) < 4.78 is 1.98. The topological polar surface area (TPSA) is 113 Å². The van der Waals surface area contributed by atoms with Crippen LogP contribution < -0.4 is 0 Å². The van der Waals surface area contributed by atoms with Crippen molar-refractivity contribution in [1.82, 2.24) is 44.3 Å². The number of aromatic amines is 1. The number of nitrogens with zero attached hydrogens (tertiary/aromatic N) is 9. The fourth-order valence-corrected chi connectivity index (χ4v) is 5.68. The van der Waals surface area contributed by atoms with E-state index in [1.165, 1.54) is 0 Å². The van der Waals surface area contributed by atoms with Crippen molar-refractivity contribution in [3.05, 3.63) is 31.0 Å². The van der Waals surface area contributed by atoms with E-state index in [-0.39, 0.29) is 11.6 Å². The highest BCUT2D eigenvalue weighted by molar-refractivity contribution is 5.90. The van der Waals surface area contributed by atoms with Crippen LogP contribution >= 0.6 is 0 Å². The molecule has 0 atom stereocenters. The van der Waals surface area contributed by atoms with Gasteiger partial charge in [-0.2, -0.15) is 10.4 Å². The Morgan fingerprint density at radius 2 is 1.97 bits per heavy atom. The van der Waals surface area contributed by atoms with Gasteiger partial charge in [0.25, 0.3) is 0 Å². The molecule has 0 bridgehead atoms. The molecule has 2 fully saturated rings. The maximum absolute atomic E-state index is 12.9. The van der Waals surface area contributed by atoms with Crippen LogP contribution in [0.2, 0.25) is 0 Å². The summed E-state index contributed by atoms with van der Waals surface area (Å²) in [4.78, 5) is 33.2. The van der Waals surface area contributed by atoms with Crippen molar-refractivity contribution in [2.75, 3.05) is 60.4 Å². The summed E-state index contributed by atoms with van der Waals surface area (Å²) in [6.45, 7) is 4.95. The number of nitrogens with one attached hydrogen (secondary N) is 1. The predicted molar refractivity (Wildman–Crippen MR) is 141 cm³/mol. The van der Waals surface area contributed by atoms with Crippen molar-refractivity contribution >= 4 is 17.1 Å². The second-order valence-corrected chi connectivity index (χ2v) is 10.6. The molecule has 4 heterocycles. The van der Waals surface area contributed by atoms with Gasteiger partial charge < -0.3 is 19.7 Å². The SMILES string of the molecule is CN(C)CCCN(C)C(=O)N1CCN([C@H]2C[C@](CC#N)(n3cc(-c4ncnc5[nH]ccc45)cn3)C2)CC1. The third kappa shape index (κ3) is 5.04. The summed E-state index contributed by atoms with van der Waals surface area (Å²) in [5, 5.41) is 15.3. The number of aromatic nitrogens is 5. The first-order valence-electron chi connectivity index (χ1n) is 13.0. The summed E-state index contributed by atoms with van der Waals surface area (Å²) in [5.74, 6) is 0. The van der Waals surface area contributed by atoms with Crippen LogP contribution in [0.3, 0.4) is 0 Å². The third-order valence-corrected chi connectivity index (χ3v) is 7.86. The van der Waals surface area contributed by atoms with E-state index in [9.17, 15) is 10.1 Å². The molecule has 0 spiro atoms. The maximum atomic E-state index is 12.9. The van der Waals surface area contributed by atoms with E-state index >= 15 is 0 Å². The minimum absolute atomic E-state index is 0.121. The number of H-pyrrole nitrogens is 1. The highest BCUT2D eigenvalue weighted by Gasteiger charge is 2.49. The number of rotatable bonds is 8. The number of hydrogen-bond donors (Lipinski definition) is 1. The molecule has 1 aliphatic heterocycles. The van der Waals surface area contributed by atoms with Gasteiger partial charge in [-0.1, -0.05) is 0 Å². The maximum Gasteiger partial charge on any atom is 0.319 e. The molecule has 37 heavy (non-hydrogen) atoms. The summed E-state index contributed by atoms with van der Waals surface area (Å²) in [5.41, 5.74) is 2.26. The Balaban J connectivity index is 1.18. The Kier molecular flexibility index (Phi) is 7.13. The highest BCUT2D eigenvalue weighted by atomic mass is 16.2. The molecule has 1 N–H and O–H groups in total. The van der Waals surface area contributed by atoms with E-state index in [0.29, 0.717) is 12.5 Å². The van der Waals surface area contributed by atoms with Gasteiger partial charge in [-0.3, -0.25) is 9.58 Å². The van der Waals surface area contributed by atoms with Gasteiger partial charge in [-0.05, 0) is 46.0 Å². The van der Waals surface area contributed by atoms with Crippen molar-refractivity contribution < 1.29 is 4.79 Å². The van der Waals surface area contributed by atoms with Crippen LogP contribution in [-0.4, -0.2) is 117 Å². The van der Waals surface area contributed by atoms with Gasteiger partial charge in [-0.15, -0.1) is 0 Å². The first kappa shape index (κ1) is 25.2. The number of amides is 2. The summed E-state index contributed by atoms with van der Waals surface area (Å²) >= 11 is 0. The normalized spacial score (nSPS) is 22.2. The molecule has 3 aromatic rings. The van der Waals surface area contributed by atoms with E-state index in [1.54, 1.807) is 6.33 Å². The number of piperazine rings is 1. The minimum Gasteiger partial charge on any atom is -0.346 e. The van der Waals surface area contributed by atoms with Crippen LogP contribution in [0.15, 0.2) is 31.0 Å². The molecule has 11 nitrogen and oxygen atoms in total. The number of hydrogen-bond acceptors (Lipinski definition) is 7. The summed E-state index contributed by atoms with van der Waals surface area (Å²) in [6, 6.07) is 4.88. The molecule has 2 aliphatic rings. The van der Waals surface area contributed by atoms with Crippen LogP contribution in [0.4, 0.5) is 4.79 Å². The molecule has 11 heteroatoms. The summed E-state index contributed by atoms with van der Waals surface area (Å²) in [7, 11) is 6.00. The van der Waals surface area contributed by atoms with Gasteiger partial charge in [-0.25, -0.2) is 14.8 Å². The fraction of sp³-hybridized carbons (Fsp3) is 0.577. The summed E-state index contributed by atoms with van der Waals surface area (Å²) in [6.07, 6.45) is 10.4. The van der Waals surface area contributed by atoms with Gasteiger partial charge >= 0.3 is 6.03 Å². The van der Waals surface area contributed by atoms with E-state index in [4.69, 9.17) is 0 Å². The lowest BCUT2D eigenvalue weighted by Crippen LogP contribution is -2.61. The van der Waals surface area contributed by atoms with Gasteiger partial charge in [0, 0.05) is 69.2 Å². The van der Waals surface area contributed by atoms with Crippen molar-refractivity contribution in [3.63, 3.8) is 0 Å². The smallest absolute Gasteiger partial charge is 0.319 e. The standard InChI is InChI=1S/C26H36N10O/c1-32(2)9-4-10-33(3)25(37)35-13-11-34(12-14-35)21-15-26(16-21,6-7-27)36-18-20(17-31-36)23-22-5-8-28-24(22)30-19-29-23/h5,8,17-19,21H,4,6,9-16H2,1-3H3,(H,28,29,30)/t21-,26-. The number of urea groups is 1. The lowest BCUT2D eigenvalue weighted by molar-refractivity contribution is -0.0144. The van der Waals surface area contributed by atoms with Crippen LogP contribution in [0.1, 0.15) is 25.7 Å². The first-order valence-corrected chi connectivity index (χ1v) is 13.0. The minimum atomic E-state index is -0.304. The zero-order chi connectivity index (χ0) is 26.0. The fourth-order valence-electron chi connectivity index (χ4n) is 5.68. The van der Waals surface area contributed by atoms with Crippen LogP contribution in [0, 0.1) is 11.3 Å². The van der Waals surface area contributed by atoms with Gasteiger partial charge in [0.2, 0.25) is 0 Å². The van der Waals surface area contributed by atoms with Crippen LogP contribution in [0.25, 0.3) is 22.3 Å². The van der Waals surface area contributed by atoms with E-state index < -0.39 is 0 Å². The Hall–Kier alpha value is -3.49. The monoisotopic (exact) mass is 504 g/mol. The molecule has 0 unspecified atom stereocenters. The molecule has 2 amide bonds. The quantitative estimate of drug-likeness (QED) is 0.500. The average molecular weight is 505 g/mol. The Morgan fingerprint density at radius 3 is 2.70 bits per heavy atom. The second-order valence-electron chi connectivity index (χ2n) is 10.6. The Morgan fingerprint density at radius 1 is 1.19 bits per heavy atom. The Labute approximate surface area is 217 Å². The van der Waals surface area contributed by atoms with Crippen molar-refractivity contribution in [2.45, 2.75) is 37.3 Å². The third-order valence-electron chi connectivity index (χ3n) is 7.86. The molecule has 0 aromatic carbocycles.